The van der Waals surface area contributed by atoms with Crippen molar-refractivity contribution in [3.8, 4) is 0 Å². The van der Waals surface area contributed by atoms with Gasteiger partial charge in [-0.05, 0) is 54.3 Å². The maximum atomic E-state index is 5.87. The lowest BCUT2D eigenvalue weighted by Gasteiger charge is -2.13. The van der Waals surface area contributed by atoms with Crippen molar-refractivity contribution in [2.24, 2.45) is 0 Å². The van der Waals surface area contributed by atoms with Gasteiger partial charge < -0.3 is 10.6 Å². The third-order valence-electron chi connectivity index (χ3n) is 2.44. The standard InChI is InChI=1S/C12H16ClN5S/c1-3-14-11-16-10(13)17-12(18-11)15-8(2)6-9-4-5-19-7-9/h4-5,7-8H,3,6H2,1-2H3,(H2,14,15,16,17,18). The summed E-state index contributed by atoms with van der Waals surface area (Å²) in [6.45, 7) is 4.80. The first kappa shape index (κ1) is 14.0. The largest absolute Gasteiger partial charge is 0.354 e. The summed E-state index contributed by atoms with van der Waals surface area (Å²) < 4.78 is 0. The van der Waals surface area contributed by atoms with Crippen LogP contribution in [0, 0.1) is 0 Å². The molecule has 0 bridgehead atoms. The minimum atomic E-state index is 0.191. The van der Waals surface area contributed by atoms with Crippen LogP contribution in [-0.2, 0) is 6.42 Å². The Morgan fingerprint density at radius 3 is 2.79 bits per heavy atom. The molecule has 0 aliphatic carbocycles. The molecule has 1 atom stereocenters. The van der Waals surface area contributed by atoms with Gasteiger partial charge in [0.2, 0.25) is 17.2 Å². The molecule has 2 aromatic heterocycles. The van der Waals surface area contributed by atoms with Gasteiger partial charge >= 0.3 is 0 Å². The highest BCUT2D eigenvalue weighted by Crippen LogP contribution is 2.13. The molecule has 0 saturated heterocycles. The van der Waals surface area contributed by atoms with Crippen LogP contribution < -0.4 is 10.6 Å². The summed E-state index contributed by atoms with van der Waals surface area (Å²) in [5.41, 5.74) is 1.30. The first-order chi connectivity index (χ1) is 9.17. The van der Waals surface area contributed by atoms with Gasteiger partial charge in [-0.25, -0.2) is 0 Å². The van der Waals surface area contributed by atoms with Crippen LogP contribution in [0.2, 0.25) is 5.28 Å². The van der Waals surface area contributed by atoms with Crippen LogP contribution in [0.25, 0.3) is 0 Å². The molecule has 0 radical (unpaired) electrons. The minimum absolute atomic E-state index is 0.191. The molecule has 0 amide bonds. The molecule has 0 aliphatic rings. The predicted octanol–water partition coefficient (Wildman–Crippen LogP) is 3.06. The van der Waals surface area contributed by atoms with Gasteiger partial charge in [0, 0.05) is 12.6 Å². The van der Waals surface area contributed by atoms with E-state index >= 15 is 0 Å². The van der Waals surface area contributed by atoms with Crippen LogP contribution in [0.3, 0.4) is 0 Å². The van der Waals surface area contributed by atoms with Gasteiger partial charge in [0.25, 0.3) is 0 Å². The van der Waals surface area contributed by atoms with Gasteiger partial charge in [-0.3, -0.25) is 0 Å². The van der Waals surface area contributed by atoms with Crippen LogP contribution in [0.1, 0.15) is 19.4 Å². The second kappa shape index (κ2) is 6.68. The second-order valence-electron chi connectivity index (χ2n) is 4.16. The number of halogens is 1. The number of thiophene rings is 1. The number of nitrogens with one attached hydrogen (secondary N) is 2. The van der Waals surface area contributed by atoms with Gasteiger partial charge in [0.15, 0.2) is 0 Å². The summed E-state index contributed by atoms with van der Waals surface area (Å²) in [5, 5.41) is 10.7. The first-order valence-electron chi connectivity index (χ1n) is 6.10. The zero-order valence-corrected chi connectivity index (χ0v) is 12.4. The summed E-state index contributed by atoms with van der Waals surface area (Å²) in [4.78, 5) is 12.3. The van der Waals surface area contributed by atoms with E-state index < -0.39 is 0 Å². The van der Waals surface area contributed by atoms with Gasteiger partial charge in [-0.15, -0.1) is 0 Å². The zero-order chi connectivity index (χ0) is 13.7. The van der Waals surface area contributed by atoms with E-state index in [1.165, 1.54) is 5.56 Å². The fourth-order valence-electron chi connectivity index (χ4n) is 1.69. The molecular weight excluding hydrogens is 282 g/mol. The maximum Gasteiger partial charge on any atom is 0.229 e. The highest BCUT2D eigenvalue weighted by molar-refractivity contribution is 7.07. The molecule has 2 heterocycles. The number of anilines is 2. The normalized spacial score (nSPS) is 12.2. The summed E-state index contributed by atoms with van der Waals surface area (Å²) >= 11 is 7.57. The molecule has 1 unspecified atom stereocenters. The molecule has 2 N–H and O–H groups in total. The average Bonchev–Trinajstić information content (AvgIpc) is 2.81. The van der Waals surface area contributed by atoms with E-state index in [2.05, 4.69) is 49.3 Å². The lowest BCUT2D eigenvalue weighted by Crippen LogP contribution is -2.20. The molecule has 5 nitrogen and oxygen atoms in total. The van der Waals surface area contributed by atoms with E-state index in [0.29, 0.717) is 11.9 Å². The maximum absolute atomic E-state index is 5.87. The van der Waals surface area contributed by atoms with E-state index in [4.69, 9.17) is 11.6 Å². The fraction of sp³-hybridized carbons (Fsp3) is 0.417. The van der Waals surface area contributed by atoms with Crippen molar-refractivity contribution in [1.82, 2.24) is 15.0 Å². The van der Waals surface area contributed by atoms with Crippen molar-refractivity contribution in [1.29, 1.82) is 0 Å². The number of aromatic nitrogens is 3. The number of hydrogen-bond donors (Lipinski definition) is 2. The molecule has 0 spiro atoms. The molecule has 2 rings (SSSR count). The molecule has 0 aliphatic heterocycles. The Kier molecular flexibility index (Phi) is 4.93. The Balaban J connectivity index is 2.01. The van der Waals surface area contributed by atoms with Crippen molar-refractivity contribution in [2.75, 3.05) is 17.2 Å². The number of nitrogens with zero attached hydrogens (tertiary/aromatic N) is 3. The number of rotatable bonds is 6. The highest BCUT2D eigenvalue weighted by Gasteiger charge is 2.08. The quantitative estimate of drug-likeness (QED) is 0.858. The van der Waals surface area contributed by atoms with Crippen molar-refractivity contribution in [3.63, 3.8) is 0 Å². The third kappa shape index (κ3) is 4.33. The molecule has 0 fully saturated rings. The summed E-state index contributed by atoms with van der Waals surface area (Å²) in [6.07, 6.45) is 0.920. The lowest BCUT2D eigenvalue weighted by molar-refractivity contribution is 0.776. The number of hydrogen-bond acceptors (Lipinski definition) is 6. The Morgan fingerprint density at radius 1 is 1.32 bits per heavy atom. The molecule has 19 heavy (non-hydrogen) atoms. The van der Waals surface area contributed by atoms with Gasteiger partial charge in [-0.1, -0.05) is 0 Å². The minimum Gasteiger partial charge on any atom is -0.354 e. The second-order valence-corrected chi connectivity index (χ2v) is 5.28. The average molecular weight is 298 g/mol. The molecule has 2 aromatic rings. The highest BCUT2D eigenvalue weighted by atomic mass is 35.5. The summed E-state index contributed by atoms with van der Waals surface area (Å²) in [5.74, 6) is 0.992. The van der Waals surface area contributed by atoms with E-state index in [0.717, 1.165) is 13.0 Å². The van der Waals surface area contributed by atoms with Crippen LogP contribution in [0.5, 0.6) is 0 Å². The van der Waals surface area contributed by atoms with Crippen molar-refractivity contribution < 1.29 is 0 Å². The smallest absolute Gasteiger partial charge is 0.229 e. The Hall–Kier alpha value is -1.40. The Morgan fingerprint density at radius 2 is 2.11 bits per heavy atom. The molecule has 102 valence electrons. The van der Waals surface area contributed by atoms with Crippen molar-refractivity contribution >= 4 is 34.8 Å². The SMILES string of the molecule is CCNc1nc(Cl)nc(NC(C)Cc2ccsc2)n1. The van der Waals surface area contributed by atoms with Gasteiger partial charge in [-0.2, -0.15) is 26.3 Å². The zero-order valence-electron chi connectivity index (χ0n) is 10.9. The first-order valence-corrected chi connectivity index (χ1v) is 7.42. The lowest BCUT2D eigenvalue weighted by atomic mass is 10.1. The van der Waals surface area contributed by atoms with Crippen LogP contribution in [0.4, 0.5) is 11.9 Å². The Labute approximate surface area is 121 Å². The molecule has 7 heteroatoms. The monoisotopic (exact) mass is 297 g/mol. The van der Waals surface area contributed by atoms with E-state index in [1.807, 2.05) is 6.92 Å². The van der Waals surface area contributed by atoms with E-state index in [-0.39, 0.29) is 11.3 Å². The van der Waals surface area contributed by atoms with E-state index in [1.54, 1.807) is 11.3 Å². The van der Waals surface area contributed by atoms with Gasteiger partial charge in [0.1, 0.15) is 0 Å². The van der Waals surface area contributed by atoms with Crippen LogP contribution in [0.15, 0.2) is 16.8 Å². The fourth-order valence-corrected chi connectivity index (χ4v) is 2.53. The third-order valence-corrected chi connectivity index (χ3v) is 3.34. The molecule has 0 saturated carbocycles. The Bertz CT molecular complexity index is 517. The van der Waals surface area contributed by atoms with Gasteiger partial charge in [0.05, 0.1) is 0 Å². The molecule has 0 aromatic carbocycles. The van der Waals surface area contributed by atoms with Crippen molar-refractivity contribution in [2.45, 2.75) is 26.3 Å². The van der Waals surface area contributed by atoms with Crippen LogP contribution >= 0.6 is 22.9 Å². The van der Waals surface area contributed by atoms with E-state index in [9.17, 15) is 0 Å². The topological polar surface area (TPSA) is 62.7 Å². The van der Waals surface area contributed by atoms with Crippen LogP contribution in [-0.4, -0.2) is 27.5 Å². The van der Waals surface area contributed by atoms with Crippen molar-refractivity contribution in [3.05, 3.63) is 27.7 Å². The summed E-state index contributed by atoms with van der Waals surface area (Å²) in [7, 11) is 0. The predicted molar refractivity (Wildman–Crippen MR) is 80.1 cm³/mol. The molecular formula is C12H16ClN5S. The summed E-state index contributed by atoms with van der Waals surface area (Å²) in [6, 6.07) is 2.34.